The molecule has 1 aromatic carbocycles. The molecule has 0 atom stereocenters. The fraction of sp³-hybridized carbons (Fsp3) is 0.273. The highest BCUT2D eigenvalue weighted by Gasteiger charge is 1.97. The Hall–Kier alpha value is -0.960. The molecule has 0 aromatic heterocycles. The molecule has 0 aliphatic carbocycles. The van der Waals surface area contributed by atoms with E-state index in [1.165, 1.54) is 0 Å². The van der Waals surface area contributed by atoms with Crippen LogP contribution in [0.15, 0.2) is 33.7 Å². The van der Waals surface area contributed by atoms with Crippen LogP contribution in [0.5, 0.6) is 0 Å². The Morgan fingerprint density at radius 1 is 1.43 bits per heavy atom. The van der Waals surface area contributed by atoms with Crippen LogP contribution in [0.4, 0.5) is 5.69 Å². The molecule has 1 aromatic rings. The third kappa shape index (κ3) is 3.83. The predicted molar refractivity (Wildman–Crippen MR) is 62.2 cm³/mol. The van der Waals surface area contributed by atoms with Crippen molar-refractivity contribution in [3.05, 3.63) is 28.7 Å². The zero-order valence-corrected chi connectivity index (χ0v) is 9.84. The van der Waals surface area contributed by atoms with E-state index < -0.39 is 0 Å². The first-order chi connectivity index (χ1) is 6.58. The number of hydrogen-bond acceptors (Lipinski definition) is 2. The number of ketones is 1. The lowest BCUT2D eigenvalue weighted by Crippen LogP contribution is -1.98. The molecule has 0 amide bonds. The van der Waals surface area contributed by atoms with Gasteiger partial charge >= 0.3 is 0 Å². The van der Waals surface area contributed by atoms with Crippen LogP contribution in [0.2, 0.25) is 0 Å². The number of halogens is 1. The van der Waals surface area contributed by atoms with Crippen molar-refractivity contribution in [1.29, 1.82) is 0 Å². The van der Waals surface area contributed by atoms with E-state index in [0.717, 1.165) is 15.9 Å². The van der Waals surface area contributed by atoms with Crippen molar-refractivity contribution < 1.29 is 4.79 Å². The summed E-state index contributed by atoms with van der Waals surface area (Å²) in [6.07, 6.45) is 0.423. The summed E-state index contributed by atoms with van der Waals surface area (Å²) in [4.78, 5) is 15.1. The number of hydrogen-bond donors (Lipinski definition) is 0. The molecular formula is C11H12BrNO. The fourth-order valence-electron chi connectivity index (χ4n) is 1.17. The highest BCUT2D eigenvalue weighted by Crippen LogP contribution is 2.18. The van der Waals surface area contributed by atoms with Crippen molar-refractivity contribution in [2.24, 2.45) is 4.99 Å². The van der Waals surface area contributed by atoms with Crippen LogP contribution in [-0.4, -0.2) is 11.5 Å². The first-order valence-corrected chi connectivity index (χ1v) is 5.16. The van der Waals surface area contributed by atoms with Crippen molar-refractivity contribution >= 4 is 33.1 Å². The van der Waals surface area contributed by atoms with Crippen LogP contribution in [0.25, 0.3) is 0 Å². The molecular weight excluding hydrogens is 242 g/mol. The molecule has 1 rings (SSSR count). The predicted octanol–water partition coefficient (Wildman–Crippen LogP) is 3.52. The Kier molecular flexibility index (Phi) is 4.01. The molecule has 14 heavy (non-hydrogen) atoms. The highest BCUT2D eigenvalue weighted by atomic mass is 79.9. The Labute approximate surface area is 92.2 Å². The summed E-state index contributed by atoms with van der Waals surface area (Å²) in [7, 11) is 0. The number of aliphatic imine (C=N–C) groups is 1. The smallest absolute Gasteiger partial charge is 0.135 e. The summed E-state index contributed by atoms with van der Waals surface area (Å²) in [6.45, 7) is 3.43. The third-order valence-corrected chi connectivity index (χ3v) is 2.13. The molecule has 0 unspecified atom stereocenters. The molecule has 0 bridgehead atoms. The van der Waals surface area contributed by atoms with Gasteiger partial charge in [-0.15, -0.1) is 0 Å². The number of benzene rings is 1. The van der Waals surface area contributed by atoms with Gasteiger partial charge in [0.2, 0.25) is 0 Å². The second-order valence-electron chi connectivity index (χ2n) is 3.21. The second-order valence-corrected chi connectivity index (χ2v) is 4.12. The number of carbonyl (C=O) groups is 1. The number of nitrogens with zero attached hydrogens (tertiary/aromatic N) is 1. The normalized spacial score (nSPS) is 11.5. The van der Waals surface area contributed by atoms with Gasteiger partial charge in [0, 0.05) is 16.6 Å². The van der Waals surface area contributed by atoms with Gasteiger partial charge in [-0.3, -0.25) is 9.79 Å². The van der Waals surface area contributed by atoms with Crippen LogP contribution in [-0.2, 0) is 4.79 Å². The van der Waals surface area contributed by atoms with Crippen molar-refractivity contribution in [3.8, 4) is 0 Å². The first-order valence-electron chi connectivity index (χ1n) is 4.37. The van der Waals surface area contributed by atoms with E-state index >= 15 is 0 Å². The average molecular weight is 254 g/mol. The maximum atomic E-state index is 10.8. The summed E-state index contributed by atoms with van der Waals surface area (Å²) < 4.78 is 0.995. The first kappa shape index (κ1) is 11.1. The van der Waals surface area contributed by atoms with E-state index in [-0.39, 0.29) is 5.78 Å². The van der Waals surface area contributed by atoms with E-state index in [0.29, 0.717) is 6.42 Å². The molecule has 0 aliphatic heterocycles. The van der Waals surface area contributed by atoms with E-state index in [2.05, 4.69) is 20.9 Å². The van der Waals surface area contributed by atoms with Gasteiger partial charge in [-0.2, -0.15) is 0 Å². The van der Waals surface area contributed by atoms with Gasteiger partial charge in [-0.05, 0) is 32.0 Å². The van der Waals surface area contributed by atoms with Crippen molar-refractivity contribution in [2.75, 3.05) is 0 Å². The van der Waals surface area contributed by atoms with E-state index in [1.54, 1.807) is 6.92 Å². The molecule has 3 heteroatoms. The maximum absolute atomic E-state index is 10.8. The molecule has 0 saturated heterocycles. The molecule has 2 nitrogen and oxygen atoms in total. The van der Waals surface area contributed by atoms with E-state index in [9.17, 15) is 4.79 Å². The number of Topliss-reactive ketones (excluding diaryl/α,β-unsaturated/α-hetero) is 1. The monoisotopic (exact) mass is 253 g/mol. The van der Waals surface area contributed by atoms with Crippen LogP contribution >= 0.6 is 15.9 Å². The van der Waals surface area contributed by atoms with Gasteiger partial charge in [0.25, 0.3) is 0 Å². The minimum absolute atomic E-state index is 0.140. The summed E-state index contributed by atoms with van der Waals surface area (Å²) >= 11 is 3.37. The third-order valence-electron chi connectivity index (χ3n) is 1.63. The number of carbonyl (C=O) groups excluding carboxylic acids is 1. The van der Waals surface area contributed by atoms with Crippen LogP contribution in [0, 0.1) is 0 Å². The van der Waals surface area contributed by atoms with Crippen LogP contribution in [0.1, 0.15) is 20.3 Å². The minimum atomic E-state index is 0.140. The molecule has 74 valence electrons. The Bertz CT molecular complexity index is 371. The quantitative estimate of drug-likeness (QED) is 0.759. The van der Waals surface area contributed by atoms with Crippen LogP contribution in [0.3, 0.4) is 0 Å². The SMILES string of the molecule is CC(=O)CC(C)=Nc1cccc(Br)c1. The summed E-state index contributed by atoms with van der Waals surface area (Å²) in [5.74, 6) is 0.140. The molecule has 0 N–H and O–H groups in total. The maximum Gasteiger partial charge on any atom is 0.135 e. The lowest BCUT2D eigenvalue weighted by atomic mass is 10.2. The Morgan fingerprint density at radius 3 is 2.71 bits per heavy atom. The molecule has 0 aliphatic rings. The summed E-state index contributed by atoms with van der Waals surface area (Å²) in [6, 6.07) is 7.70. The van der Waals surface area contributed by atoms with Gasteiger partial charge in [-0.1, -0.05) is 22.0 Å². The number of rotatable bonds is 3. The van der Waals surface area contributed by atoms with Gasteiger partial charge in [0.05, 0.1) is 5.69 Å². The molecule has 0 heterocycles. The molecule has 0 radical (unpaired) electrons. The standard InChI is InChI=1S/C11H12BrNO/c1-8(6-9(2)14)13-11-5-3-4-10(12)7-11/h3-5,7H,6H2,1-2H3. The minimum Gasteiger partial charge on any atom is -0.300 e. The molecule has 0 spiro atoms. The highest BCUT2D eigenvalue weighted by molar-refractivity contribution is 9.10. The topological polar surface area (TPSA) is 29.4 Å². The summed E-state index contributed by atoms with van der Waals surface area (Å²) in [5, 5.41) is 0. The van der Waals surface area contributed by atoms with Gasteiger partial charge < -0.3 is 0 Å². The largest absolute Gasteiger partial charge is 0.300 e. The van der Waals surface area contributed by atoms with Gasteiger partial charge in [0.15, 0.2) is 0 Å². The average Bonchev–Trinajstić information content (AvgIpc) is 2.01. The second kappa shape index (κ2) is 5.05. The Balaban J connectivity index is 2.80. The molecule has 0 saturated carbocycles. The van der Waals surface area contributed by atoms with Crippen LogP contribution < -0.4 is 0 Å². The zero-order chi connectivity index (χ0) is 10.6. The summed E-state index contributed by atoms with van der Waals surface area (Å²) in [5.41, 5.74) is 1.72. The molecule has 0 fully saturated rings. The lowest BCUT2D eigenvalue weighted by molar-refractivity contribution is -0.115. The van der Waals surface area contributed by atoms with Crippen molar-refractivity contribution in [2.45, 2.75) is 20.3 Å². The zero-order valence-electron chi connectivity index (χ0n) is 8.25. The lowest BCUT2D eigenvalue weighted by Gasteiger charge is -1.98. The Morgan fingerprint density at radius 2 is 2.14 bits per heavy atom. The van der Waals surface area contributed by atoms with Gasteiger partial charge in [-0.25, -0.2) is 0 Å². The van der Waals surface area contributed by atoms with E-state index in [1.807, 2.05) is 31.2 Å². The van der Waals surface area contributed by atoms with Gasteiger partial charge in [0.1, 0.15) is 5.78 Å². The van der Waals surface area contributed by atoms with Crippen molar-refractivity contribution in [3.63, 3.8) is 0 Å². The fourth-order valence-corrected chi connectivity index (χ4v) is 1.55. The van der Waals surface area contributed by atoms with E-state index in [4.69, 9.17) is 0 Å². The van der Waals surface area contributed by atoms with Crippen molar-refractivity contribution in [1.82, 2.24) is 0 Å².